The lowest BCUT2D eigenvalue weighted by molar-refractivity contribution is 0.514. The fourth-order valence-corrected chi connectivity index (χ4v) is 1.94. The van der Waals surface area contributed by atoms with Crippen LogP contribution in [0.3, 0.4) is 0 Å². The van der Waals surface area contributed by atoms with Gasteiger partial charge in [-0.05, 0) is 31.2 Å². The monoisotopic (exact) mass is 301 g/mol. The molecule has 2 aromatic carbocycles. The molecule has 3 rings (SSSR count). The number of hydrogen-bond donors (Lipinski definition) is 1. The maximum atomic E-state index is 13.5. The second-order valence-electron chi connectivity index (χ2n) is 4.84. The van der Waals surface area contributed by atoms with Gasteiger partial charge < -0.3 is 9.73 Å². The average molecular weight is 301 g/mol. The lowest BCUT2D eigenvalue weighted by atomic mass is 10.1. The summed E-state index contributed by atoms with van der Waals surface area (Å²) in [5.41, 5.74) is 2.13. The largest absolute Gasteiger partial charge is 0.419 e. The van der Waals surface area contributed by atoms with E-state index in [9.17, 15) is 8.78 Å². The van der Waals surface area contributed by atoms with Gasteiger partial charge in [0.25, 0.3) is 0 Å². The van der Waals surface area contributed by atoms with E-state index in [0.717, 1.165) is 17.2 Å². The van der Waals surface area contributed by atoms with Gasteiger partial charge >= 0.3 is 0 Å². The number of benzene rings is 2. The number of halogens is 2. The van der Waals surface area contributed by atoms with E-state index in [4.69, 9.17) is 4.42 Å². The van der Waals surface area contributed by atoms with Crippen LogP contribution in [0.5, 0.6) is 0 Å². The molecular weight excluding hydrogens is 288 g/mol. The van der Waals surface area contributed by atoms with Crippen LogP contribution in [0.1, 0.15) is 11.5 Å². The van der Waals surface area contributed by atoms with Crippen LogP contribution in [0.2, 0.25) is 0 Å². The molecule has 0 saturated carbocycles. The summed E-state index contributed by atoms with van der Waals surface area (Å²) in [5, 5.41) is 10.6. The van der Waals surface area contributed by atoms with Gasteiger partial charge in [-0.2, -0.15) is 0 Å². The fourth-order valence-electron chi connectivity index (χ4n) is 1.94. The second kappa shape index (κ2) is 5.93. The first kappa shape index (κ1) is 14.2. The normalized spacial score (nSPS) is 10.7. The highest BCUT2D eigenvalue weighted by Gasteiger charge is 2.09. The summed E-state index contributed by atoms with van der Waals surface area (Å²) in [6, 6.07) is 11.0. The minimum atomic E-state index is -0.668. The van der Waals surface area contributed by atoms with Crippen LogP contribution in [0.15, 0.2) is 46.9 Å². The molecule has 0 radical (unpaired) electrons. The van der Waals surface area contributed by atoms with Crippen LogP contribution in [0.4, 0.5) is 14.5 Å². The van der Waals surface area contributed by atoms with Crippen LogP contribution in [0.25, 0.3) is 11.5 Å². The molecule has 1 heterocycles. The van der Waals surface area contributed by atoms with Gasteiger partial charge in [-0.15, -0.1) is 10.2 Å². The zero-order valence-corrected chi connectivity index (χ0v) is 11.8. The Morgan fingerprint density at radius 3 is 2.55 bits per heavy atom. The Hall–Kier alpha value is -2.76. The standard InChI is InChI=1S/C16H13F2N3O/c1-10-2-4-11(5-3-10)16-21-20-15(22-16)9-19-14-7-6-12(17)8-13(14)18/h2-8,19H,9H2,1H3. The molecular formula is C16H13F2N3O. The van der Waals surface area contributed by atoms with Gasteiger partial charge in [-0.1, -0.05) is 17.7 Å². The minimum absolute atomic E-state index is 0.154. The van der Waals surface area contributed by atoms with E-state index in [-0.39, 0.29) is 12.2 Å². The molecule has 0 aliphatic carbocycles. The van der Waals surface area contributed by atoms with Crippen molar-refractivity contribution in [3.8, 4) is 11.5 Å². The fraction of sp³-hybridized carbons (Fsp3) is 0.125. The number of rotatable bonds is 4. The summed E-state index contributed by atoms with van der Waals surface area (Å²) in [4.78, 5) is 0. The van der Waals surface area contributed by atoms with Gasteiger partial charge in [0.2, 0.25) is 11.8 Å². The van der Waals surface area contributed by atoms with Gasteiger partial charge in [0.05, 0.1) is 12.2 Å². The first-order valence-corrected chi connectivity index (χ1v) is 6.70. The molecule has 6 heteroatoms. The molecule has 22 heavy (non-hydrogen) atoms. The van der Waals surface area contributed by atoms with Gasteiger partial charge in [0, 0.05) is 11.6 Å². The van der Waals surface area contributed by atoms with Gasteiger partial charge in [0.1, 0.15) is 11.6 Å². The summed E-state index contributed by atoms with van der Waals surface area (Å²) >= 11 is 0. The number of aromatic nitrogens is 2. The van der Waals surface area contributed by atoms with Crippen molar-refractivity contribution in [1.82, 2.24) is 10.2 Å². The molecule has 0 bridgehead atoms. The third-order valence-corrected chi connectivity index (χ3v) is 3.13. The average Bonchev–Trinajstić information content (AvgIpc) is 2.96. The van der Waals surface area contributed by atoms with E-state index in [0.29, 0.717) is 11.8 Å². The molecule has 0 unspecified atom stereocenters. The van der Waals surface area contributed by atoms with E-state index >= 15 is 0 Å². The highest BCUT2D eigenvalue weighted by atomic mass is 19.1. The molecule has 0 atom stereocenters. The maximum Gasteiger partial charge on any atom is 0.247 e. The van der Waals surface area contributed by atoms with Crippen LogP contribution in [-0.4, -0.2) is 10.2 Å². The molecule has 3 aromatic rings. The summed E-state index contributed by atoms with van der Waals surface area (Å²) < 4.78 is 31.8. The molecule has 0 spiro atoms. The molecule has 1 N–H and O–H groups in total. The topological polar surface area (TPSA) is 51.0 Å². The van der Waals surface area contributed by atoms with Crippen molar-refractivity contribution in [1.29, 1.82) is 0 Å². The number of anilines is 1. The van der Waals surface area contributed by atoms with Crippen LogP contribution < -0.4 is 5.32 Å². The Bertz CT molecular complexity index is 784. The Balaban J connectivity index is 1.70. The molecule has 0 aliphatic heterocycles. The Labute approximate surface area is 125 Å². The molecule has 112 valence electrons. The second-order valence-corrected chi connectivity index (χ2v) is 4.84. The lowest BCUT2D eigenvalue weighted by Crippen LogP contribution is -2.02. The van der Waals surface area contributed by atoms with Gasteiger partial charge in [-0.25, -0.2) is 8.78 Å². The van der Waals surface area contributed by atoms with Gasteiger partial charge in [-0.3, -0.25) is 0 Å². The van der Waals surface area contributed by atoms with Crippen molar-refractivity contribution in [2.24, 2.45) is 0 Å². The van der Waals surface area contributed by atoms with Crippen molar-refractivity contribution in [2.75, 3.05) is 5.32 Å². The minimum Gasteiger partial charge on any atom is -0.419 e. The van der Waals surface area contributed by atoms with Crippen molar-refractivity contribution >= 4 is 5.69 Å². The molecule has 0 amide bonds. The highest BCUT2D eigenvalue weighted by molar-refractivity contribution is 5.53. The van der Waals surface area contributed by atoms with Crippen molar-refractivity contribution in [3.05, 3.63) is 65.6 Å². The number of nitrogens with zero attached hydrogens (tertiary/aromatic N) is 2. The molecule has 0 aliphatic rings. The summed E-state index contributed by atoms with van der Waals surface area (Å²) in [6.07, 6.45) is 0. The van der Waals surface area contributed by atoms with E-state index < -0.39 is 11.6 Å². The van der Waals surface area contributed by atoms with Crippen molar-refractivity contribution in [3.63, 3.8) is 0 Å². The van der Waals surface area contributed by atoms with Crippen LogP contribution in [0, 0.1) is 18.6 Å². The lowest BCUT2D eigenvalue weighted by Gasteiger charge is -2.04. The SMILES string of the molecule is Cc1ccc(-c2nnc(CNc3ccc(F)cc3F)o2)cc1. The van der Waals surface area contributed by atoms with Crippen molar-refractivity contribution in [2.45, 2.75) is 13.5 Å². The van der Waals surface area contributed by atoms with E-state index in [1.54, 1.807) is 0 Å². The summed E-state index contributed by atoms with van der Waals surface area (Å²) in [7, 11) is 0. The van der Waals surface area contributed by atoms with Gasteiger partial charge in [0.15, 0.2) is 0 Å². The number of hydrogen-bond acceptors (Lipinski definition) is 4. The zero-order chi connectivity index (χ0) is 15.5. The highest BCUT2D eigenvalue weighted by Crippen LogP contribution is 2.20. The van der Waals surface area contributed by atoms with Crippen molar-refractivity contribution < 1.29 is 13.2 Å². The predicted molar refractivity (Wildman–Crippen MR) is 78.2 cm³/mol. The van der Waals surface area contributed by atoms with E-state index in [1.807, 2.05) is 31.2 Å². The van der Waals surface area contributed by atoms with Crippen LogP contribution >= 0.6 is 0 Å². The van der Waals surface area contributed by atoms with E-state index in [1.165, 1.54) is 12.1 Å². The Morgan fingerprint density at radius 2 is 1.82 bits per heavy atom. The number of aryl methyl sites for hydroxylation is 1. The zero-order valence-electron chi connectivity index (χ0n) is 11.8. The first-order chi connectivity index (χ1) is 10.6. The summed E-state index contributed by atoms with van der Waals surface area (Å²) in [6.45, 7) is 2.14. The smallest absolute Gasteiger partial charge is 0.247 e. The Kier molecular flexibility index (Phi) is 3.82. The molecule has 0 fully saturated rings. The quantitative estimate of drug-likeness (QED) is 0.793. The third-order valence-electron chi connectivity index (χ3n) is 3.13. The number of nitrogens with one attached hydrogen (secondary N) is 1. The Morgan fingerprint density at radius 1 is 1.05 bits per heavy atom. The van der Waals surface area contributed by atoms with E-state index in [2.05, 4.69) is 15.5 Å². The molecule has 4 nitrogen and oxygen atoms in total. The van der Waals surface area contributed by atoms with Crippen LogP contribution in [-0.2, 0) is 6.54 Å². The molecule has 1 aromatic heterocycles. The maximum absolute atomic E-state index is 13.5. The molecule has 0 saturated heterocycles. The first-order valence-electron chi connectivity index (χ1n) is 6.70. The third kappa shape index (κ3) is 3.11. The predicted octanol–water partition coefficient (Wildman–Crippen LogP) is 3.94. The summed E-state index contributed by atoms with van der Waals surface area (Å²) in [5.74, 6) is -0.573.